The van der Waals surface area contributed by atoms with Gasteiger partial charge in [0.1, 0.15) is 0 Å². The molecule has 0 radical (unpaired) electrons. The third-order valence-electron chi connectivity index (χ3n) is 2.66. The topological polar surface area (TPSA) is 68.9 Å². The summed E-state index contributed by atoms with van der Waals surface area (Å²) in [6.07, 6.45) is -4.38. The van der Waals surface area contributed by atoms with Crippen LogP contribution >= 0.6 is 11.3 Å². The van der Waals surface area contributed by atoms with Gasteiger partial charge >= 0.3 is 6.18 Å². The Labute approximate surface area is 119 Å². The van der Waals surface area contributed by atoms with E-state index in [4.69, 9.17) is 0 Å². The van der Waals surface area contributed by atoms with Crippen LogP contribution in [-0.4, -0.2) is 27.1 Å². The summed E-state index contributed by atoms with van der Waals surface area (Å²) in [6.45, 7) is 0. The Bertz CT molecular complexity index is 809. The first-order valence-electron chi connectivity index (χ1n) is 5.70. The van der Waals surface area contributed by atoms with Crippen molar-refractivity contribution in [3.8, 4) is 11.4 Å². The van der Waals surface area contributed by atoms with Crippen LogP contribution in [0.1, 0.15) is 5.89 Å². The summed E-state index contributed by atoms with van der Waals surface area (Å²) in [7, 11) is 0. The molecule has 0 amide bonds. The molecular formula is C12H6F3N3O2S. The van der Waals surface area contributed by atoms with Gasteiger partial charge in [-0.05, 0) is 17.5 Å². The lowest BCUT2D eigenvalue weighted by molar-refractivity contribution is -0.170. The minimum absolute atomic E-state index is 0.0998. The van der Waals surface area contributed by atoms with Crippen molar-refractivity contribution in [1.29, 1.82) is 0 Å². The quantitative estimate of drug-likeness (QED) is 0.743. The second kappa shape index (κ2) is 4.92. The summed E-state index contributed by atoms with van der Waals surface area (Å²) in [6, 6.07) is 3.60. The fraction of sp³-hybridized carbons (Fsp3) is 0.167. The van der Waals surface area contributed by atoms with Gasteiger partial charge in [0, 0.05) is 11.8 Å². The molecule has 0 bridgehead atoms. The van der Waals surface area contributed by atoms with Gasteiger partial charge < -0.3 is 4.52 Å². The van der Waals surface area contributed by atoms with Gasteiger partial charge in [-0.2, -0.15) is 18.2 Å². The number of nitrogens with zero attached hydrogens (tertiary/aromatic N) is 3. The molecule has 108 valence electrons. The third kappa shape index (κ3) is 2.77. The van der Waals surface area contributed by atoms with E-state index >= 15 is 0 Å². The Kier molecular flexibility index (Phi) is 3.20. The standard InChI is InChI=1S/C12H6F3N3O2S/c13-12(14,15)9(19)4-10-17-11(18-20-10)6-3-8-7(16-5-6)1-2-21-8/h1-3,5H,4H2. The molecule has 3 rings (SSSR count). The number of rotatable bonds is 3. The molecule has 0 saturated carbocycles. The highest BCUT2D eigenvalue weighted by Crippen LogP contribution is 2.25. The Hall–Kier alpha value is -2.29. The fourth-order valence-corrected chi connectivity index (χ4v) is 2.43. The van der Waals surface area contributed by atoms with Crippen LogP contribution in [0.3, 0.4) is 0 Å². The van der Waals surface area contributed by atoms with Crippen molar-refractivity contribution >= 4 is 27.3 Å². The monoisotopic (exact) mass is 313 g/mol. The van der Waals surface area contributed by atoms with E-state index in [0.29, 0.717) is 5.56 Å². The number of thiophene rings is 1. The number of halogens is 3. The smallest absolute Gasteiger partial charge is 0.338 e. The Morgan fingerprint density at radius 2 is 2.19 bits per heavy atom. The lowest BCUT2D eigenvalue weighted by atomic mass is 10.2. The largest absolute Gasteiger partial charge is 0.450 e. The van der Waals surface area contributed by atoms with Gasteiger partial charge in [-0.1, -0.05) is 5.16 Å². The summed E-state index contributed by atoms with van der Waals surface area (Å²) in [5, 5.41) is 5.44. The number of carbonyl (C=O) groups is 1. The Morgan fingerprint density at radius 3 is 2.95 bits per heavy atom. The van der Waals surface area contributed by atoms with Crippen LogP contribution in [0.15, 0.2) is 28.2 Å². The van der Waals surface area contributed by atoms with Crippen LogP contribution in [0.5, 0.6) is 0 Å². The van der Waals surface area contributed by atoms with Crippen molar-refractivity contribution in [1.82, 2.24) is 15.1 Å². The first-order chi connectivity index (χ1) is 9.93. The van der Waals surface area contributed by atoms with E-state index in [-0.39, 0.29) is 11.7 Å². The maximum absolute atomic E-state index is 12.2. The van der Waals surface area contributed by atoms with Crippen LogP contribution in [-0.2, 0) is 11.2 Å². The van der Waals surface area contributed by atoms with E-state index in [0.717, 1.165) is 10.2 Å². The molecule has 0 aliphatic rings. The van der Waals surface area contributed by atoms with Crippen molar-refractivity contribution in [2.45, 2.75) is 12.6 Å². The number of hydrogen-bond acceptors (Lipinski definition) is 6. The van der Waals surface area contributed by atoms with Crippen LogP contribution in [0, 0.1) is 0 Å². The van der Waals surface area contributed by atoms with Crippen LogP contribution in [0.4, 0.5) is 13.2 Å². The number of fused-ring (bicyclic) bond motifs is 1. The molecule has 5 nitrogen and oxygen atoms in total. The second-order valence-corrected chi connectivity index (χ2v) is 5.09. The minimum Gasteiger partial charge on any atom is -0.338 e. The molecule has 0 atom stereocenters. The molecule has 0 aliphatic carbocycles. The number of ketones is 1. The molecule has 0 N–H and O–H groups in total. The van der Waals surface area contributed by atoms with Gasteiger partial charge in [0.05, 0.1) is 16.6 Å². The predicted octanol–water partition coefficient (Wildman–Crippen LogP) is 3.02. The van der Waals surface area contributed by atoms with Crippen molar-refractivity contribution < 1.29 is 22.5 Å². The Balaban J connectivity index is 1.85. The van der Waals surface area contributed by atoms with Crippen LogP contribution in [0.2, 0.25) is 0 Å². The number of pyridine rings is 1. The van der Waals surface area contributed by atoms with Gasteiger partial charge in [-0.25, -0.2) is 0 Å². The summed E-state index contributed by atoms with van der Waals surface area (Å²) in [5.41, 5.74) is 1.32. The molecule has 0 fully saturated rings. The molecule has 0 saturated heterocycles. The van der Waals surface area contributed by atoms with Gasteiger partial charge in [0.25, 0.3) is 0 Å². The average molecular weight is 313 g/mol. The normalized spacial score (nSPS) is 12.0. The van der Waals surface area contributed by atoms with Crippen molar-refractivity contribution in [2.24, 2.45) is 0 Å². The number of hydrogen-bond donors (Lipinski definition) is 0. The summed E-state index contributed by atoms with van der Waals surface area (Å²) in [4.78, 5) is 18.8. The van der Waals surface area contributed by atoms with E-state index < -0.39 is 18.4 Å². The van der Waals surface area contributed by atoms with Gasteiger partial charge in [-0.15, -0.1) is 11.3 Å². The number of Topliss-reactive ketones (excluding diaryl/α,β-unsaturated/α-hetero) is 1. The first kappa shape index (κ1) is 13.7. The molecule has 3 aromatic rings. The maximum atomic E-state index is 12.2. The molecule has 21 heavy (non-hydrogen) atoms. The molecule has 9 heteroatoms. The molecule has 0 unspecified atom stereocenters. The molecule has 3 heterocycles. The zero-order chi connectivity index (χ0) is 15.0. The van der Waals surface area contributed by atoms with Gasteiger partial charge in [0.2, 0.25) is 17.5 Å². The summed E-state index contributed by atoms with van der Waals surface area (Å²) < 4.78 is 42.0. The molecule has 0 aromatic carbocycles. The lowest BCUT2D eigenvalue weighted by Crippen LogP contribution is -2.24. The van der Waals surface area contributed by atoms with E-state index in [1.54, 1.807) is 6.07 Å². The van der Waals surface area contributed by atoms with Crippen molar-refractivity contribution in [3.63, 3.8) is 0 Å². The van der Waals surface area contributed by atoms with Crippen LogP contribution in [0.25, 0.3) is 21.6 Å². The number of alkyl halides is 3. The highest BCUT2D eigenvalue weighted by molar-refractivity contribution is 7.17. The van der Waals surface area contributed by atoms with Gasteiger partial charge in [0.15, 0.2) is 0 Å². The predicted molar refractivity (Wildman–Crippen MR) is 67.7 cm³/mol. The summed E-state index contributed by atoms with van der Waals surface area (Å²) in [5.74, 6) is -2.20. The van der Waals surface area contributed by atoms with Gasteiger partial charge in [-0.3, -0.25) is 9.78 Å². The SMILES string of the molecule is O=C(Cc1nc(-c2cnc3ccsc3c2)no1)C(F)(F)F. The second-order valence-electron chi connectivity index (χ2n) is 4.14. The first-order valence-corrected chi connectivity index (χ1v) is 6.58. The molecule has 0 spiro atoms. The third-order valence-corrected chi connectivity index (χ3v) is 3.51. The van der Waals surface area contributed by atoms with Crippen molar-refractivity contribution in [3.05, 3.63) is 29.6 Å². The molecule has 0 aliphatic heterocycles. The zero-order valence-corrected chi connectivity index (χ0v) is 11.0. The van der Waals surface area contributed by atoms with Crippen LogP contribution < -0.4 is 0 Å². The van der Waals surface area contributed by atoms with E-state index in [1.807, 2.05) is 11.4 Å². The highest BCUT2D eigenvalue weighted by atomic mass is 32.1. The van der Waals surface area contributed by atoms with Crippen molar-refractivity contribution in [2.75, 3.05) is 0 Å². The number of aromatic nitrogens is 3. The lowest BCUT2D eigenvalue weighted by Gasteiger charge is -2.00. The minimum atomic E-state index is -4.91. The summed E-state index contributed by atoms with van der Waals surface area (Å²) >= 11 is 1.47. The average Bonchev–Trinajstić information content (AvgIpc) is 3.04. The van der Waals surface area contributed by atoms with E-state index in [9.17, 15) is 18.0 Å². The van der Waals surface area contributed by atoms with E-state index in [1.165, 1.54) is 17.5 Å². The molecular weight excluding hydrogens is 307 g/mol. The number of carbonyl (C=O) groups excluding carboxylic acids is 1. The van der Waals surface area contributed by atoms with E-state index in [2.05, 4.69) is 19.6 Å². The fourth-order valence-electron chi connectivity index (χ4n) is 1.65. The Morgan fingerprint density at radius 1 is 1.38 bits per heavy atom. The zero-order valence-electron chi connectivity index (χ0n) is 10.2. The maximum Gasteiger partial charge on any atom is 0.450 e. The molecule has 3 aromatic heterocycles. The highest BCUT2D eigenvalue weighted by Gasteiger charge is 2.39.